The van der Waals surface area contributed by atoms with Crippen molar-refractivity contribution in [3.05, 3.63) is 30.1 Å². The Morgan fingerprint density at radius 3 is 3.00 bits per heavy atom. The molecule has 2 aromatic heterocycles. The van der Waals surface area contributed by atoms with Crippen molar-refractivity contribution < 1.29 is 4.79 Å². The molecule has 0 aromatic carbocycles. The highest BCUT2D eigenvalue weighted by Gasteiger charge is 2.19. The number of carbonyl (C=O) groups is 1. The second-order valence-electron chi connectivity index (χ2n) is 3.84. The maximum atomic E-state index is 11.9. The Labute approximate surface area is 105 Å². The molecule has 0 unspecified atom stereocenters. The first-order valence-corrected chi connectivity index (χ1v) is 5.94. The molecule has 0 aliphatic heterocycles. The van der Waals surface area contributed by atoms with E-state index in [1.54, 1.807) is 16.9 Å². The Morgan fingerprint density at radius 2 is 2.39 bits per heavy atom. The minimum Gasteiger partial charge on any atom is -0.341 e. The first kappa shape index (κ1) is 12.3. The zero-order valence-corrected chi connectivity index (χ0v) is 10.4. The van der Waals surface area contributed by atoms with Crippen molar-refractivity contribution in [3.63, 3.8) is 0 Å². The predicted molar refractivity (Wildman–Crippen MR) is 64.8 cm³/mol. The van der Waals surface area contributed by atoms with Crippen molar-refractivity contribution in [3.8, 4) is 0 Å². The van der Waals surface area contributed by atoms with Gasteiger partial charge in [0.2, 0.25) is 0 Å². The second kappa shape index (κ2) is 5.44. The summed E-state index contributed by atoms with van der Waals surface area (Å²) in [7, 11) is 0. The number of rotatable bonds is 5. The lowest BCUT2D eigenvalue weighted by molar-refractivity contribution is 0.0927. The number of nitrogens with zero attached hydrogens (tertiary/aromatic N) is 4. The van der Waals surface area contributed by atoms with Crippen LogP contribution in [-0.2, 0) is 6.54 Å². The van der Waals surface area contributed by atoms with Gasteiger partial charge in [0.25, 0.3) is 5.91 Å². The van der Waals surface area contributed by atoms with Gasteiger partial charge in [0.05, 0.1) is 6.04 Å². The van der Waals surface area contributed by atoms with Crippen LogP contribution in [0, 0.1) is 0 Å². The number of nitrogens with one attached hydrogen (secondary N) is 2. The van der Waals surface area contributed by atoms with Crippen LogP contribution in [0.3, 0.4) is 0 Å². The third-order valence-corrected chi connectivity index (χ3v) is 2.72. The summed E-state index contributed by atoms with van der Waals surface area (Å²) in [5.74, 6) is 0.581. The van der Waals surface area contributed by atoms with Crippen LogP contribution in [0.5, 0.6) is 0 Å². The smallest absolute Gasteiger partial charge is 0.269 e. The zero-order valence-electron chi connectivity index (χ0n) is 10.4. The molecule has 0 saturated carbocycles. The Morgan fingerprint density at radius 1 is 1.56 bits per heavy atom. The van der Waals surface area contributed by atoms with Gasteiger partial charge >= 0.3 is 0 Å². The minimum absolute atomic E-state index is 0.150. The zero-order chi connectivity index (χ0) is 13.0. The highest BCUT2D eigenvalue weighted by Crippen LogP contribution is 2.14. The molecular formula is C11H16N6O. The van der Waals surface area contributed by atoms with Crippen molar-refractivity contribution in [2.24, 2.45) is 0 Å². The number of aromatic nitrogens is 5. The van der Waals surface area contributed by atoms with E-state index in [1.807, 2.05) is 13.8 Å². The van der Waals surface area contributed by atoms with Crippen molar-refractivity contribution in [1.82, 2.24) is 30.3 Å². The molecule has 2 rings (SSSR count). The van der Waals surface area contributed by atoms with Crippen molar-refractivity contribution >= 4 is 5.91 Å². The molecule has 0 saturated heterocycles. The van der Waals surface area contributed by atoms with Gasteiger partial charge in [0, 0.05) is 12.7 Å². The second-order valence-corrected chi connectivity index (χ2v) is 3.84. The molecule has 7 heteroatoms. The van der Waals surface area contributed by atoms with Gasteiger partial charge in [-0.3, -0.25) is 9.89 Å². The normalized spacial score (nSPS) is 12.3. The number of aromatic amines is 1. The summed E-state index contributed by atoms with van der Waals surface area (Å²) < 4.78 is 1.78. The molecule has 0 spiro atoms. The molecule has 0 aliphatic carbocycles. The van der Waals surface area contributed by atoms with E-state index in [1.165, 1.54) is 6.33 Å². The number of carbonyl (C=O) groups excluding carboxylic acids is 1. The first-order chi connectivity index (χ1) is 8.76. The minimum atomic E-state index is -0.190. The summed E-state index contributed by atoms with van der Waals surface area (Å²) in [6.45, 7) is 4.71. The molecule has 2 heterocycles. The van der Waals surface area contributed by atoms with Gasteiger partial charge in [-0.1, -0.05) is 6.92 Å². The highest BCUT2D eigenvalue weighted by atomic mass is 16.2. The van der Waals surface area contributed by atoms with Crippen LogP contribution >= 0.6 is 0 Å². The van der Waals surface area contributed by atoms with E-state index in [4.69, 9.17) is 0 Å². The molecule has 0 bridgehead atoms. The fourth-order valence-electron chi connectivity index (χ4n) is 1.75. The van der Waals surface area contributed by atoms with E-state index < -0.39 is 0 Å². The molecule has 1 amide bonds. The van der Waals surface area contributed by atoms with Crippen molar-refractivity contribution in [2.45, 2.75) is 32.9 Å². The van der Waals surface area contributed by atoms with E-state index >= 15 is 0 Å². The summed E-state index contributed by atoms with van der Waals surface area (Å²) in [4.78, 5) is 16.1. The predicted octanol–water partition coefficient (Wildman–Crippen LogP) is 0.902. The largest absolute Gasteiger partial charge is 0.341 e. The molecule has 0 aliphatic rings. The van der Waals surface area contributed by atoms with Gasteiger partial charge in [-0.2, -0.15) is 10.2 Å². The fraction of sp³-hybridized carbons (Fsp3) is 0.455. The Bertz CT molecular complexity index is 503. The van der Waals surface area contributed by atoms with E-state index in [0.717, 1.165) is 18.8 Å². The summed E-state index contributed by atoms with van der Waals surface area (Å²) in [5.41, 5.74) is 0.441. The van der Waals surface area contributed by atoms with Crippen LogP contribution in [0.1, 0.15) is 42.6 Å². The van der Waals surface area contributed by atoms with Crippen LogP contribution in [0.2, 0.25) is 0 Å². The quantitative estimate of drug-likeness (QED) is 0.822. The Kier molecular flexibility index (Phi) is 3.71. The Balaban J connectivity index is 2.13. The summed E-state index contributed by atoms with van der Waals surface area (Å²) >= 11 is 0. The van der Waals surface area contributed by atoms with E-state index in [9.17, 15) is 4.79 Å². The van der Waals surface area contributed by atoms with Crippen molar-refractivity contribution in [2.75, 3.05) is 0 Å². The number of hydrogen-bond acceptors (Lipinski definition) is 4. The van der Waals surface area contributed by atoms with Crippen molar-refractivity contribution in [1.29, 1.82) is 0 Å². The Hall–Kier alpha value is -2.18. The van der Waals surface area contributed by atoms with Gasteiger partial charge in [-0.05, 0) is 19.4 Å². The average Bonchev–Trinajstić information content (AvgIpc) is 3.05. The summed E-state index contributed by atoms with van der Waals surface area (Å²) in [6, 6.07) is 1.48. The SMILES string of the molecule is CC[C@@H](NC(=O)c1ccn[nH]1)c1ncnn1CC. The number of hydrogen-bond donors (Lipinski definition) is 2. The van der Waals surface area contributed by atoms with Gasteiger partial charge in [0.15, 0.2) is 0 Å². The fourth-order valence-corrected chi connectivity index (χ4v) is 1.75. The van der Waals surface area contributed by atoms with Crippen LogP contribution in [0.25, 0.3) is 0 Å². The lowest BCUT2D eigenvalue weighted by Gasteiger charge is -2.16. The van der Waals surface area contributed by atoms with E-state index in [0.29, 0.717) is 5.69 Å². The van der Waals surface area contributed by atoms with Crippen LogP contribution < -0.4 is 5.32 Å². The van der Waals surface area contributed by atoms with E-state index in [2.05, 4.69) is 25.6 Å². The van der Waals surface area contributed by atoms with Crippen LogP contribution in [0.15, 0.2) is 18.6 Å². The lowest BCUT2D eigenvalue weighted by Crippen LogP contribution is -2.30. The third-order valence-electron chi connectivity index (χ3n) is 2.72. The molecule has 7 nitrogen and oxygen atoms in total. The standard InChI is InChI=1S/C11H16N6O/c1-3-8(10-12-7-14-17(10)4-2)15-11(18)9-5-6-13-16-9/h5-8H,3-4H2,1-2H3,(H,13,16)(H,15,18)/t8-/m1/s1. The highest BCUT2D eigenvalue weighted by molar-refractivity contribution is 5.92. The molecule has 96 valence electrons. The number of aryl methyl sites for hydroxylation is 1. The number of amides is 1. The van der Waals surface area contributed by atoms with Gasteiger partial charge < -0.3 is 5.32 Å². The van der Waals surface area contributed by atoms with Crippen LogP contribution in [0.4, 0.5) is 0 Å². The third kappa shape index (κ3) is 2.39. The summed E-state index contributed by atoms with van der Waals surface area (Å²) in [6.07, 6.45) is 3.80. The maximum Gasteiger partial charge on any atom is 0.269 e. The molecule has 18 heavy (non-hydrogen) atoms. The average molecular weight is 248 g/mol. The van der Waals surface area contributed by atoms with Gasteiger partial charge in [-0.15, -0.1) is 0 Å². The molecular weight excluding hydrogens is 232 g/mol. The molecule has 1 atom stereocenters. The van der Waals surface area contributed by atoms with Gasteiger partial charge in [-0.25, -0.2) is 9.67 Å². The molecule has 2 aromatic rings. The number of H-pyrrole nitrogens is 1. The van der Waals surface area contributed by atoms with E-state index in [-0.39, 0.29) is 11.9 Å². The molecule has 0 radical (unpaired) electrons. The van der Waals surface area contributed by atoms with Gasteiger partial charge in [0.1, 0.15) is 17.8 Å². The molecule has 2 N–H and O–H groups in total. The lowest BCUT2D eigenvalue weighted by atomic mass is 10.2. The topological polar surface area (TPSA) is 88.5 Å². The first-order valence-electron chi connectivity index (χ1n) is 5.94. The maximum absolute atomic E-state index is 11.9. The summed E-state index contributed by atoms with van der Waals surface area (Å²) in [5, 5.41) is 13.4. The molecule has 0 fully saturated rings. The van der Waals surface area contributed by atoms with Crippen LogP contribution in [-0.4, -0.2) is 30.9 Å². The monoisotopic (exact) mass is 248 g/mol.